The third-order valence-corrected chi connectivity index (χ3v) is 4.08. The Labute approximate surface area is 146 Å². The van der Waals surface area contributed by atoms with Crippen LogP contribution in [0, 0.1) is 11.3 Å². The van der Waals surface area contributed by atoms with Gasteiger partial charge in [0.1, 0.15) is 11.6 Å². The number of fused-ring (bicyclic) bond motifs is 3. The van der Waals surface area contributed by atoms with Gasteiger partial charge in [0.05, 0.1) is 35.5 Å². The molecule has 0 unspecified atom stereocenters. The number of nitriles is 1. The van der Waals surface area contributed by atoms with E-state index in [4.69, 9.17) is 4.74 Å². The van der Waals surface area contributed by atoms with Gasteiger partial charge in [0.2, 0.25) is 0 Å². The lowest BCUT2D eigenvalue weighted by Gasteiger charge is -2.09. The van der Waals surface area contributed by atoms with Crippen LogP contribution in [0.15, 0.2) is 53.7 Å². The van der Waals surface area contributed by atoms with Crippen LogP contribution >= 0.6 is 0 Å². The van der Waals surface area contributed by atoms with Crippen LogP contribution in [0.5, 0.6) is 0 Å². The zero-order valence-corrected chi connectivity index (χ0v) is 13.6. The smallest absolute Gasteiger partial charge is 0.343 e. The molecule has 8 heteroatoms. The summed E-state index contributed by atoms with van der Waals surface area (Å²) in [6, 6.07) is 10.6. The van der Waals surface area contributed by atoms with Crippen molar-refractivity contribution in [3.05, 3.63) is 70.4 Å². The highest BCUT2D eigenvalue weighted by Crippen LogP contribution is 2.17. The summed E-state index contributed by atoms with van der Waals surface area (Å²) in [5, 5.41) is 13.7. The van der Waals surface area contributed by atoms with Crippen molar-refractivity contribution in [2.24, 2.45) is 0 Å². The Kier molecular flexibility index (Phi) is 3.48. The Morgan fingerprint density at radius 2 is 2.04 bits per heavy atom. The fourth-order valence-electron chi connectivity index (χ4n) is 2.84. The number of hydrogen-bond acceptors (Lipinski definition) is 6. The normalized spacial score (nSPS) is 10.8. The Balaban J connectivity index is 2.01. The van der Waals surface area contributed by atoms with E-state index in [1.807, 2.05) is 0 Å². The summed E-state index contributed by atoms with van der Waals surface area (Å²) >= 11 is 0. The predicted molar refractivity (Wildman–Crippen MR) is 92.1 cm³/mol. The second-order valence-electron chi connectivity index (χ2n) is 5.46. The van der Waals surface area contributed by atoms with Crippen molar-refractivity contribution < 1.29 is 9.53 Å². The fourth-order valence-corrected chi connectivity index (χ4v) is 2.84. The lowest BCUT2D eigenvalue weighted by Crippen LogP contribution is -2.19. The minimum atomic E-state index is -0.553. The first-order valence-electron chi connectivity index (χ1n) is 7.61. The highest BCUT2D eigenvalue weighted by molar-refractivity contribution is 5.96. The van der Waals surface area contributed by atoms with E-state index in [0.29, 0.717) is 27.8 Å². The second kappa shape index (κ2) is 5.82. The Morgan fingerprint density at radius 3 is 2.81 bits per heavy atom. The van der Waals surface area contributed by atoms with Gasteiger partial charge in [0.15, 0.2) is 5.65 Å². The molecule has 0 saturated carbocycles. The molecule has 4 aromatic rings. The summed E-state index contributed by atoms with van der Waals surface area (Å²) in [5.74, 6) is -0.553. The van der Waals surface area contributed by atoms with Crippen LogP contribution in [0.1, 0.15) is 15.9 Å². The van der Waals surface area contributed by atoms with E-state index in [-0.39, 0.29) is 11.1 Å². The van der Waals surface area contributed by atoms with Gasteiger partial charge in [0, 0.05) is 12.4 Å². The van der Waals surface area contributed by atoms with E-state index in [9.17, 15) is 14.9 Å². The monoisotopic (exact) mass is 345 g/mol. The molecule has 0 fully saturated rings. The maximum Gasteiger partial charge on any atom is 0.343 e. The Bertz CT molecular complexity index is 1280. The van der Waals surface area contributed by atoms with Crippen LogP contribution in [0.3, 0.4) is 0 Å². The minimum Gasteiger partial charge on any atom is -0.465 e. The van der Waals surface area contributed by atoms with E-state index < -0.39 is 5.97 Å². The van der Waals surface area contributed by atoms with E-state index >= 15 is 0 Å². The number of methoxy groups -OCH3 is 1. The molecule has 3 aromatic heterocycles. The second-order valence-corrected chi connectivity index (χ2v) is 5.46. The maximum absolute atomic E-state index is 12.9. The van der Waals surface area contributed by atoms with Crippen molar-refractivity contribution in [3.8, 4) is 11.8 Å². The topological polar surface area (TPSA) is 102 Å². The van der Waals surface area contributed by atoms with E-state index in [1.165, 1.54) is 28.6 Å². The number of carbonyl (C=O) groups excluding carboxylic acids is 1. The quantitative estimate of drug-likeness (QED) is 0.512. The molecule has 3 heterocycles. The number of hydrogen-bond donors (Lipinski definition) is 0. The molecule has 0 saturated heterocycles. The van der Waals surface area contributed by atoms with Gasteiger partial charge in [-0.05, 0) is 18.2 Å². The summed E-state index contributed by atoms with van der Waals surface area (Å²) in [6.07, 6.45) is 4.32. The minimum absolute atomic E-state index is 0.216. The fraction of sp³-hybridized carbons (Fsp3) is 0.0556. The highest BCUT2D eigenvalue weighted by atomic mass is 16.5. The molecule has 0 aliphatic heterocycles. The van der Waals surface area contributed by atoms with Gasteiger partial charge in [-0.15, -0.1) is 0 Å². The van der Waals surface area contributed by atoms with Crippen molar-refractivity contribution in [2.75, 3.05) is 7.11 Å². The number of benzene rings is 1. The molecule has 0 bridgehead atoms. The third kappa shape index (κ3) is 2.15. The molecule has 0 aliphatic carbocycles. The van der Waals surface area contributed by atoms with Crippen LogP contribution in [-0.4, -0.2) is 32.2 Å². The lowest BCUT2D eigenvalue weighted by atomic mass is 10.2. The van der Waals surface area contributed by atoms with E-state index in [2.05, 4.69) is 16.2 Å². The van der Waals surface area contributed by atoms with Crippen LogP contribution in [0.4, 0.5) is 0 Å². The number of nitrogens with zero attached hydrogens (tertiary/aromatic N) is 5. The SMILES string of the molecule is COC(=O)c1cnn2c1ncc1c(=O)n(-c3ccccc3C#N)ccc12. The first-order valence-corrected chi connectivity index (χ1v) is 7.61. The standard InChI is InChI=1S/C18H11N5O3/c1-26-18(25)13-10-21-23-15-6-7-22(14-5-3-2-4-11(14)8-19)17(24)12(15)9-20-16(13)23/h2-7,9-10H,1H3. The summed E-state index contributed by atoms with van der Waals surface area (Å²) in [7, 11) is 1.28. The van der Waals surface area contributed by atoms with Crippen molar-refractivity contribution in [1.29, 1.82) is 5.26 Å². The average Bonchev–Trinajstić information content (AvgIpc) is 3.12. The van der Waals surface area contributed by atoms with Gasteiger partial charge < -0.3 is 4.74 Å². The molecule has 0 N–H and O–H groups in total. The number of ether oxygens (including phenoxy) is 1. The Hall–Kier alpha value is -3.99. The molecule has 0 amide bonds. The number of rotatable bonds is 2. The first kappa shape index (κ1) is 15.5. The molecule has 126 valence electrons. The largest absolute Gasteiger partial charge is 0.465 e. The Morgan fingerprint density at radius 1 is 1.23 bits per heavy atom. The van der Waals surface area contributed by atoms with Crippen LogP contribution in [-0.2, 0) is 4.74 Å². The van der Waals surface area contributed by atoms with Gasteiger partial charge in [-0.3, -0.25) is 9.36 Å². The molecule has 8 nitrogen and oxygen atoms in total. The summed E-state index contributed by atoms with van der Waals surface area (Å²) < 4.78 is 7.52. The number of carbonyl (C=O) groups is 1. The number of pyridine rings is 1. The molecule has 0 aliphatic rings. The maximum atomic E-state index is 12.9. The van der Waals surface area contributed by atoms with Gasteiger partial charge in [0.25, 0.3) is 5.56 Å². The van der Waals surface area contributed by atoms with E-state index in [1.54, 1.807) is 36.5 Å². The van der Waals surface area contributed by atoms with Crippen molar-refractivity contribution in [2.45, 2.75) is 0 Å². The first-order chi connectivity index (χ1) is 12.7. The van der Waals surface area contributed by atoms with Gasteiger partial charge >= 0.3 is 5.97 Å². The van der Waals surface area contributed by atoms with Crippen molar-refractivity contribution in [3.63, 3.8) is 0 Å². The zero-order chi connectivity index (χ0) is 18.3. The van der Waals surface area contributed by atoms with Crippen LogP contribution in [0.2, 0.25) is 0 Å². The molecule has 26 heavy (non-hydrogen) atoms. The summed E-state index contributed by atoms with van der Waals surface area (Å²) in [5.41, 5.74) is 1.55. The number of aromatic nitrogens is 4. The number of esters is 1. The predicted octanol–water partition coefficient (Wildman–Crippen LogP) is 1.69. The van der Waals surface area contributed by atoms with Gasteiger partial charge in [-0.25, -0.2) is 14.3 Å². The lowest BCUT2D eigenvalue weighted by molar-refractivity contribution is 0.0602. The molecule has 0 radical (unpaired) electrons. The molecule has 4 rings (SSSR count). The molecular weight excluding hydrogens is 334 g/mol. The van der Waals surface area contributed by atoms with E-state index in [0.717, 1.165) is 0 Å². The highest BCUT2D eigenvalue weighted by Gasteiger charge is 2.17. The zero-order valence-electron chi connectivity index (χ0n) is 13.6. The van der Waals surface area contributed by atoms with Gasteiger partial charge in [-0.2, -0.15) is 10.4 Å². The summed E-state index contributed by atoms with van der Waals surface area (Å²) in [6.45, 7) is 0. The average molecular weight is 345 g/mol. The molecule has 0 atom stereocenters. The van der Waals surface area contributed by atoms with Crippen molar-refractivity contribution >= 4 is 22.5 Å². The van der Waals surface area contributed by atoms with Gasteiger partial charge in [-0.1, -0.05) is 12.1 Å². The van der Waals surface area contributed by atoms with Crippen molar-refractivity contribution in [1.82, 2.24) is 19.2 Å². The van der Waals surface area contributed by atoms with Crippen LogP contribution in [0.25, 0.3) is 22.2 Å². The number of para-hydroxylation sites is 1. The molecule has 1 aromatic carbocycles. The van der Waals surface area contributed by atoms with Crippen LogP contribution < -0.4 is 5.56 Å². The molecular formula is C18H11N5O3. The summed E-state index contributed by atoms with van der Waals surface area (Å²) in [4.78, 5) is 28.9. The molecule has 0 spiro atoms. The third-order valence-electron chi connectivity index (χ3n) is 4.08.